The second-order valence-electron chi connectivity index (χ2n) is 4.41. The number of hydrogen-bond donors (Lipinski definition) is 0. The highest BCUT2D eigenvalue weighted by Gasteiger charge is 2.16. The number of nitrogens with zero attached hydrogens (tertiary/aromatic N) is 2. The lowest BCUT2D eigenvalue weighted by molar-refractivity contribution is 0.103. The van der Waals surface area contributed by atoms with Crippen LogP contribution in [0.4, 0.5) is 0 Å². The molecule has 0 fully saturated rings. The Morgan fingerprint density at radius 3 is 2.41 bits per heavy atom. The minimum absolute atomic E-state index is 0.0492. The van der Waals surface area contributed by atoms with Gasteiger partial charge in [0, 0.05) is 18.3 Å². The van der Waals surface area contributed by atoms with Gasteiger partial charge in [-0.1, -0.05) is 23.8 Å². The van der Waals surface area contributed by atoms with Crippen LogP contribution in [0.15, 0.2) is 24.4 Å². The van der Waals surface area contributed by atoms with Gasteiger partial charge in [-0.05, 0) is 26.3 Å². The van der Waals surface area contributed by atoms with Crippen LogP contribution in [0.1, 0.15) is 32.7 Å². The third-order valence-corrected chi connectivity index (χ3v) is 3.11. The predicted molar refractivity (Wildman–Crippen MR) is 67.3 cm³/mol. The van der Waals surface area contributed by atoms with E-state index in [1.54, 1.807) is 10.9 Å². The molecule has 3 nitrogen and oxygen atoms in total. The van der Waals surface area contributed by atoms with E-state index in [0.29, 0.717) is 5.56 Å². The highest BCUT2D eigenvalue weighted by molar-refractivity contribution is 6.10. The van der Waals surface area contributed by atoms with Crippen LogP contribution in [-0.4, -0.2) is 15.6 Å². The molecule has 0 bridgehead atoms. The fourth-order valence-electron chi connectivity index (χ4n) is 1.94. The van der Waals surface area contributed by atoms with E-state index in [0.717, 1.165) is 16.8 Å². The Morgan fingerprint density at radius 2 is 1.88 bits per heavy atom. The monoisotopic (exact) mass is 228 g/mol. The van der Waals surface area contributed by atoms with Crippen LogP contribution in [0.2, 0.25) is 0 Å². The van der Waals surface area contributed by atoms with Crippen molar-refractivity contribution >= 4 is 5.78 Å². The first-order chi connectivity index (χ1) is 8.00. The fourth-order valence-corrected chi connectivity index (χ4v) is 1.94. The number of carbonyl (C=O) groups excluding carboxylic acids is 1. The SMILES string of the molecule is Cc1ccc(C(=O)c2cnn(C)c2C)c(C)c1. The summed E-state index contributed by atoms with van der Waals surface area (Å²) in [4.78, 5) is 12.4. The Bertz CT molecular complexity index is 582. The van der Waals surface area contributed by atoms with Crippen LogP contribution in [0, 0.1) is 20.8 Å². The number of aryl methyl sites for hydroxylation is 3. The topological polar surface area (TPSA) is 34.9 Å². The maximum Gasteiger partial charge on any atom is 0.196 e. The molecule has 0 spiro atoms. The van der Waals surface area contributed by atoms with Crippen LogP contribution >= 0.6 is 0 Å². The van der Waals surface area contributed by atoms with Crippen molar-refractivity contribution in [3.05, 3.63) is 52.3 Å². The Labute approximate surface area is 101 Å². The van der Waals surface area contributed by atoms with Crippen LogP contribution in [-0.2, 0) is 7.05 Å². The molecule has 0 unspecified atom stereocenters. The summed E-state index contributed by atoms with van der Waals surface area (Å²) in [6.07, 6.45) is 1.64. The molecule has 0 saturated heterocycles. The summed E-state index contributed by atoms with van der Waals surface area (Å²) >= 11 is 0. The molecule has 0 saturated carbocycles. The number of ketones is 1. The van der Waals surface area contributed by atoms with Gasteiger partial charge in [-0.25, -0.2) is 0 Å². The Morgan fingerprint density at radius 1 is 1.18 bits per heavy atom. The summed E-state index contributed by atoms with van der Waals surface area (Å²) in [5, 5.41) is 4.11. The van der Waals surface area contributed by atoms with Crippen molar-refractivity contribution in [3.63, 3.8) is 0 Å². The lowest BCUT2D eigenvalue weighted by Gasteiger charge is -2.05. The molecule has 88 valence electrons. The van der Waals surface area contributed by atoms with E-state index in [2.05, 4.69) is 5.10 Å². The van der Waals surface area contributed by atoms with E-state index >= 15 is 0 Å². The van der Waals surface area contributed by atoms with Gasteiger partial charge in [0.15, 0.2) is 5.78 Å². The van der Waals surface area contributed by atoms with E-state index in [4.69, 9.17) is 0 Å². The summed E-state index contributed by atoms with van der Waals surface area (Å²) in [6.45, 7) is 5.90. The highest BCUT2D eigenvalue weighted by Crippen LogP contribution is 2.17. The molecule has 0 amide bonds. The van der Waals surface area contributed by atoms with Crippen molar-refractivity contribution in [1.29, 1.82) is 0 Å². The van der Waals surface area contributed by atoms with Gasteiger partial charge in [0.1, 0.15) is 0 Å². The Hall–Kier alpha value is -1.90. The van der Waals surface area contributed by atoms with Crippen LogP contribution in [0.5, 0.6) is 0 Å². The molecule has 2 rings (SSSR count). The number of rotatable bonds is 2. The third kappa shape index (κ3) is 2.00. The van der Waals surface area contributed by atoms with Gasteiger partial charge >= 0.3 is 0 Å². The van der Waals surface area contributed by atoms with E-state index in [9.17, 15) is 4.79 Å². The summed E-state index contributed by atoms with van der Waals surface area (Å²) in [5.41, 5.74) is 4.52. The summed E-state index contributed by atoms with van der Waals surface area (Å²) in [5.74, 6) is 0.0492. The maximum absolute atomic E-state index is 12.4. The van der Waals surface area contributed by atoms with Gasteiger partial charge in [0.05, 0.1) is 11.8 Å². The van der Waals surface area contributed by atoms with Crippen LogP contribution in [0.25, 0.3) is 0 Å². The number of carbonyl (C=O) groups is 1. The molecule has 17 heavy (non-hydrogen) atoms. The number of benzene rings is 1. The molecule has 3 heteroatoms. The van der Waals surface area contributed by atoms with Crippen molar-refractivity contribution in [2.75, 3.05) is 0 Å². The second-order valence-corrected chi connectivity index (χ2v) is 4.41. The molecule has 0 radical (unpaired) electrons. The normalized spacial score (nSPS) is 10.6. The first-order valence-corrected chi connectivity index (χ1v) is 5.61. The zero-order chi connectivity index (χ0) is 12.6. The number of aromatic nitrogens is 2. The van der Waals surface area contributed by atoms with E-state index in [1.807, 2.05) is 46.0 Å². The minimum atomic E-state index is 0.0492. The predicted octanol–water partition coefficient (Wildman–Crippen LogP) is 2.58. The standard InChI is InChI=1S/C14H16N2O/c1-9-5-6-12(10(2)7-9)14(17)13-8-15-16(4)11(13)3/h5-8H,1-4H3. The average molecular weight is 228 g/mol. The van der Waals surface area contributed by atoms with Crippen molar-refractivity contribution in [2.45, 2.75) is 20.8 Å². The second kappa shape index (κ2) is 4.17. The third-order valence-electron chi connectivity index (χ3n) is 3.11. The van der Waals surface area contributed by atoms with Gasteiger partial charge < -0.3 is 0 Å². The van der Waals surface area contributed by atoms with E-state index < -0.39 is 0 Å². The Kier molecular flexibility index (Phi) is 2.84. The van der Waals surface area contributed by atoms with Crippen molar-refractivity contribution in [1.82, 2.24) is 9.78 Å². The summed E-state index contributed by atoms with van der Waals surface area (Å²) in [7, 11) is 1.84. The van der Waals surface area contributed by atoms with Gasteiger partial charge in [0.2, 0.25) is 0 Å². The molecule has 1 heterocycles. The van der Waals surface area contributed by atoms with Gasteiger partial charge in [-0.3, -0.25) is 9.48 Å². The first kappa shape index (κ1) is 11.6. The lowest BCUT2D eigenvalue weighted by atomic mass is 9.98. The molecule has 0 aliphatic carbocycles. The first-order valence-electron chi connectivity index (χ1n) is 5.61. The summed E-state index contributed by atoms with van der Waals surface area (Å²) in [6, 6.07) is 5.88. The molecule has 0 aliphatic rings. The van der Waals surface area contributed by atoms with Crippen LogP contribution < -0.4 is 0 Å². The smallest absolute Gasteiger partial charge is 0.196 e. The highest BCUT2D eigenvalue weighted by atomic mass is 16.1. The van der Waals surface area contributed by atoms with Crippen LogP contribution in [0.3, 0.4) is 0 Å². The summed E-state index contributed by atoms with van der Waals surface area (Å²) < 4.78 is 1.72. The zero-order valence-electron chi connectivity index (χ0n) is 10.6. The fraction of sp³-hybridized carbons (Fsp3) is 0.286. The quantitative estimate of drug-likeness (QED) is 0.740. The average Bonchev–Trinajstić information content (AvgIpc) is 2.59. The molecular weight excluding hydrogens is 212 g/mol. The molecule has 1 aromatic heterocycles. The lowest BCUT2D eigenvalue weighted by Crippen LogP contribution is -2.05. The Balaban J connectivity index is 2.47. The zero-order valence-corrected chi connectivity index (χ0v) is 10.6. The van der Waals surface area contributed by atoms with Gasteiger partial charge in [-0.2, -0.15) is 5.10 Å². The van der Waals surface area contributed by atoms with Gasteiger partial charge in [-0.15, -0.1) is 0 Å². The largest absolute Gasteiger partial charge is 0.288 e. The van der Waals surface area contributed by atoms with Crippen molar-refractivity contribution in [3.8, 4) is 0 Å². The molecule has 0 N–H and O–H groups in total. The van der Waals surface area contributed by atoms with Crippen molar-refractivity contribution < 1.29 is 4.79 Å². The van der Waals surface area contributed by atoms with E-state index in [-0.39, 0.29) is 5.78 Å². The van der Waals surface area contributed by atoms with Crippen molar-refractivity contribution in [2.24, 2.45) is 7.05 Å². The maximum atomic E-state index is 12.4. The van der Waals surface area contributed by atoms with Gasteiger partial charge in [0.25, 0.3) is 0 Å². The molecule has 0 aliphatic heterocycles. The minimum Gasteiger partial charge on any atom is -0.288 e. The molecular formula is C14H16N2O. The number of hydrogen-bond acceptors (Lipinski definition) is 2. The molecule has 0 atom stereocenters. The van der Waals surface area contributed by atoms with E-state index in [1.165, 1.54) is 5.56 Å². The molecule has 1 aromatic carbocycles. The molecule has 2 aromatic rings.